The number of halogens is 3. The Labute approximate surface area is 204 Å². The summed E-state index contributed by atoms with van der Waals surface area (Å²) in [4.78, 5) is 7.85. The van der Waals surface area contributed by atoms with Gasteiger partial charge in [0.1, 0.15) is 6.10 Å². The van der Waals surface area contributed by atoms with Crippen molar-refractivity contribution in [3.05, 3.63) is 68.7 Å². The molecule has 0 bridgehead atoms. The van der Waals surface area contributed by atoms with Crippen LogP contribution < -0.4 is 0 Å². The van der Waals surface area contributed by atoms with Crippen LogP contribution >= 0.6 is 34.8 Å². The molecule has 174 valence electrons. The minimum atomic E-state index is -0.634. The third kappa shape index (κ3) is 7.91. The van der Waals surface area contributed by atoms with E-state index in [4.69, 9.17) is 44.4 Å². The molecule has 2 aromatic carbocycles. The summed E-state index contributed by atoms with van der Waals surface area (Å²) in [6.07, 6.45) is -0.141. The Morgan fingerprint density at radius 1 is 1.16 bits per heavy atom. The summed E-state index contributed by atoms with van der Waals surface area (Å²) >= 11 is 18.3. The van der Waals surface area contributed by atoms with E-state index in [0.717, 1.165) is 16.8 Å². The van der Waals surface area contributed by atoms with Crippen molar-refractivity contribution in [1.82, 2.24) is 4.90 Å². The number of aliphatic hydroxyl groups is 1. The van der Waals surface area contributed by atoms with E-state index in [1.807, 2.05) is 51.1 Å². The van der Waals surface area contributed by atoms with E-state index >= 15 is 0 Å². The molecule has 1 aliphatic heterocycles. The highest BCUT2D eigenvalue weighted by Gasteiger charge is 2.26. The third-order valence-electron chi connectivity index (χ3n) is 4.92. The first-order valence-corrected chi connectivity index (χ1v) is 11.7. The molecule has 5 nitrogen and oxygen atoms in total. The topological polar surface area (TPSA) is 54.3 Å². The van der Waals surface area contributed by atoms with Gasteiger partial charge in [-0.05, 0) is 50.6 Å². The zero-order valence-electron chi connectivity index (χ0n) is 18.5. The van der Waals surface area contributed by atoms with Gasteiger partial charge in [-0.1, -0.05) is 58.2 Å². The van der Waals surface area contributed by atoms with Gasteiger partial charge in [0.05, 0.1) is 34.1 Å². The summed E-state index contributed by atoms with van der Waals surface area (Å²) in [5, 5.41) is 16.5. The molecule has 0 aromatic heterocycles. The summed E-state index contributed by atoms with van der Waals surface area (Å²) in [6, 6.07) is 13.2. The summed E-state index contributed by atoms with van der Waals surface area (Å²) in [6.45, 7) is 7.81. The van der Waals surface area contributed by atoms with Crippen LogP contribution in [0.25, 0.3) is 0 Å². The molecular formula is C24H29Cl3N2O3. The first kappa shape index (κ1) is 25.3. The summed E-state index contributed by atoms with van der Waals surface area (Å²) in [7, 11) is 0. The van der Waals surface area contributed by atoms with E-state index in [9.17, 15) is 5.11 Å². The highest BCUT2D eigenvalue weighted by Crippen LogP contribution is 2.26. The first-order chi connectivity index (χ1) is 15.1. The second kappa shape index (κ2) is 11.2. The maximum absolute atomic E-state index is 10.6. The lowest BCUT2D eigenvalue weighted by molar-refractivity contribution is -0.0600. The lowest BCUT2D eigenvalue weighted by Crippen LogP contribution is -2.40. The average molecular weight is 500 g/mol. The number of oxime groups is 1. The highest BCUT2D eigenvalue weighted by atomic mass is 35.5. The van der Waals surface area contributed by atoms with Crippen LogP contribution in [0.3, 0.4) is 0 Å². The minimum Gasteiger partial charge on any atom is -0.390 e. The molecule has 1 heterocycles. The summed E-state index contributed by atoms with van der Waals surface area (Å²) < 4.78 is 5.75. The third-order valence-corrected chi connectivity index (χ3v) is 5.89. The van der Waals surface area contributed by atoms with Gasteiger partial charge < -0.3 is 14.7 Å². The number of ether oxygens (including phenoxy) is 1. The van der Waals surface area contributed by atoms with E-state index < -0.39 is 6.10 Å². The van der Waals surface area contributed by atoms with Crippen LogP contribution in [0.2, 0.25) is 15.1 Å². The van der Waals surface area contributed by atoms with Gasteiger partial charge in [0.15, 0.2) is 0 Å². The largest absolute Gasteiger partial charge is 0.390 e. The molecule has 0 unspecified atom stereocenters. The van der Waals surface area contributed by atoms with Gasteiger partial charge in [-0.3, -0.25) is 4.90 Å². The quantitative estimate of drug-likeness (QED) is 0.472. The predicted molar refractivity (Wildman–Crippen MR) is 131 cm³/mol. The molecule has 8 heteroatoms. The number of rotatable bonds is 9. The van der Waals surface area contributed by atoms with E-state index in [0.29, 0.717) is 41.1 Å². The zero-order chi connectivity index (χ0) is 23.3. The predicted octanol–water partition coefficient (Wildman–Crippen LogP) is 5.82. The molecule has 0 spiro atoms. The Morgan fingerprint density at radius 3 is 2.62 bits per heavy atom. The molecule has 2 atom stereocenters. The van der Waals surface area contributed by atoms with Crippen molar-refractivity contribution in [3.8, 4) is 0 Å². The average Bonchev–Trinajstić information content (AvgIpc) is 3.16. The van der Waals surface area contributed by atoms with Crippen molar-refractivity contribution in [2.45, 2.75) is 51.5 Å². The van der Waals surface area contributed by atoms with Gasteiger partial charge in [0.2, 0.25) is 0 Å². The van der Waals surface area contributed by atoms with E-state index in [2.05, 4.69) is 10.1 Å². The highest BCUT2D eigenvalue weighted by molar-refractivity contribution is 6.42. The molecule has 2 aromatic rings. The van der Waals surface area contributed by atoms with Gasteiger partial charge >= 0.3 is 0 Å². The molecule has 0 aliphatic carbocycles. The summed E-state index contributed by atoms with van der Waals surface area (Å²) in [5.41, 5.74) is 2.47. The van der Waals surface area contributed by atoms with Crippen LogP contribution in [0.1, 0.15) is 38.3 Å². The van der Waals surface area contributed by atoms with Gasteiger partial charge in [-0.25, -0.2) is 0 Å². The van der Waals surface area contributed by atoms with Crippen LogP contribution in [0.5, 0.6) is 0 Å². The second-order valence-electron chi connectivity index (χ2n) is 9.00. The Hall–Kier alpha value is -1.34. The van der Waals surface area contributed by atoms with Gasteiger partial charge in [0.25, 0.3) is 0 Å². The first-order valence-electron chi connectivity index (χ1n) is 10.6. The fourth-order valence-electron chi connectivity index (χ4n) is 3.45. The SMILES string of the molecule is CC(C)(C)OC[C@@H](O)CN(Cc1cccc(Cl)c1)C[C@@H]1CC(c2ccc(Cl)c(Cl)c2)=NO1. The number of hydrogen-bond acceptors (Lipinski definition) is 5. The van der Waals surface area contributed by atoms with Crippen molar-refractivity contribution in [2.24, 2.45) is 5.16 Å². The van der Waals surface area contributed by atoms with Crippen molar-refractivity contribution in [3.63, 3.8) is 0 Å². The van der Waals surface area contributed by atoms with Crippen LogP contribution in [0, 0.1) is 0 Å². The van der Waals surface area contributed by atoms with E-state index in [-0.39, 0.29) is 18.3 Å². The lowest BCUT2D eigenvalue weighted by atomic mass is 10.0. The van der Waals surface area contributed by atoms with Crippen molar-refractivity contribution < 1.29 is 14.7 Å². The second-order valence-corrected chi connectivity index (χ2v) is 10.3. The smallest absolute Gasteiger partial charge is 0.145 e. The number of aliphatic hydroxyl groups excluding tert-OH is 1. The van der Waals surface area contributed by atoms with Gasteiger partial charge in [-0.15, -0.1) is 0 Å². The molecule has 0 fully saturated rings. The van der Waals surface area contributed by atoms with Crippen LogP contribution in [-0.2, 0) is 16.1 Å². The number of hydrogen-bond donors (Lipinski definition) is 1. The molecule has 1 N–H and O–H groups in total. The molecule has 0 amide bonds. The van der Waals surface area contributed by atoms with Crippen LogP contribution in [0.15, 0.2) is 47.6 Å². The zero-order valence-corrected chi connectivity index (χ0v) is 20.8. The van der Waals surface area contributed by atoms with Crippen LogP contribution in [0.4, 0.5) is 0 Å². The normalized spacial score (nSPS) is 17.4. The Kier molecular flexibility index (Phi) is 8.84. The van der Waals surface area contributed by atoms with Gasteiger partial charge in [0, 0.05) is 36.6 Å². The molecule has 0 radical (unpaired) electrons. The maximum atomic E-state index is 10.6. The molecule has 32 heavy (non-hydrogen) atoms. The molecule has 0 saturated heterocycles. The lowest BCUT2D eigenvalue weighted by Gasteiger charge is -2.28. The number of benzene rings is 2. The fraction of sp³-hybridized carbons (Fsp3) is 0.458. The van der Waals surface area contributed by atoms with Crippen molar-refractivity contribution >= 4 is 40.5 Å². The standard InChI is InChI=1S/C24H29Cl3N2O3/c1-24(2,3)31-15-19(30)13-29(12-16-5-4-6-18(25)9-16)14-20-11-23(28-32-20)17-7-8-21(26)22(27)10-17/h4-10,19-20,30H,11-15H2,1-3H3/t19-,20-/m0/s1. The van der Waals surface area contributed by atoms with E-state index in [1.54, 1.807) is 12.1 Å². The van der Waals surface area contributed by atoms with Crippen molar-refractivity contribution in [1.29, 1.82) is 0 Å². The monoisotopic (exact) mass is 498 g/mol. The Morgan fingerprint density at radius 2 is 1.94 bits per heavy atom. The fourth-order valence-corrected chi connectivity index (χ4v) is 3.97. The maximum Gasteiger partial charge on any atom is 0.145 e. The molecule has 0 saturated carbocycles. The van der Waals surface area contributed by atoms with Gasteiger partial charge in [-0.2, -0.15) is 0 Å². The number of nitrogens with zero attached hydrogens (tertiary/aromatic N) is 2. The Bertz CT molecular complexity index is 946. The van der Waals surface area contributed by atoms with Crippen molar-refractivity contribution in [2.75, 3.05) is 19.7 Å². The molecule has 3 rings (SSSR count). The molecular weight excluding hydrogens is 471 g/mol. The van der Waals surface area contributed by atoms with Crippen LogP contribution in [-0.4, -0.2) is 53.2 Å². The van der Waals surface area contributed by atoms with E-state index in [1.165, 1.54) is 0 Å². The minimum absolute atomic E-state index is 0.144. The molecule has 1 aliphatic rings. The Balaban J connectivity index is 1.64. The summed E-state index contributed by atoms with van der Waals surface area (Å²) in [5.74, 6) is 0.